The number of piperidine rings is 1. The van der Waals surface area contributed by atoms with Crippen molar-refractivity contribution in [3.8, 4) is 5.75 Å². The van der Waals surface area contributed by atoms with Crippen molar-refractivity contribution in [2.45, 2.75) is 58.2 Å². The standard InChI is InChI=1S/C22H34N4O5/c1-16-15-24(21(27)31-22(2,3)4)12-13-25(16)17-8-10-23(11-9-17)18-6-7-19(26(28)29)20(14-18)30-5/h6-7,14,16-17H,8-13,15H2,1-5H3/t16-/m0/s1. The quantitative estimate of drug-likeness (QED) is 0.529. The van der Waals surface area contributed by atoms with E-state index in [0.29, 0.717) is 19.1 Å². The SMILES string of the molecule is COc1cc(N2CCC(N3CCN(C(=O)OC(C)(C)C)C[C@@H]3C)CC2)ccc1[N+](=O)[O-]. The van der Waals surface area contributed by atoms with Gasteiger partial charge in [0, 0.05) is 62.6 Å². The van der Waals surface area contributed by atoms with E-state index in [0.717, 1.165) is 38.2 Å². The van der Waals surface area contributed by atoms with Crippen molar-refractivity contribution in [2.75, 3.05) is 44.7 Å². The highest BCUT2D eigenvalue weighted by Crippen LogP contribution is 2.33. The number of piperazine rings is 1. The fourth-order valence-electron chi connectivity index (χ4n) is 4.48. The Balaban J connectivity index is 1.56. The summed E-state index contributed by atoms with van der Waals surface area (Å²) < 4.78 is 10.7. The molecule has 1 amide bonds. The number of carbonyl (C=O) groups is 1. The van der Waals surface area contributed by atoms with Crippen molar-refractivity contribution < 1.29 is 19.2 Å². The summed E-state index contributed by atoms with van der Waals surface area (Å²) in [5, 5.41) is 11.1. The van der Waals surface area contributed by atoms with Crippen LogP contribution in [0, 0.1) is 10.1 Å². The van der Waals surface area contributed by atoms with Crippen LogP contribution in [0.3, 0.4) is 0 Å². The molecule has 172 valence electrons. The highest BCUT2D eigenvalue weighted by atomic mass is 16.6. The van der Waals surface area contributed by atoms with Gasteiger partial charge < -0.3 is 19.3 Å². The van der Waals surface area contributed by atoms with Gasteiger partial charge in [0.05, 0.1) is 12.0 Å². The number of carbonyl (C=O) groups excluding carboxylic acids is 1. The summed E-state index contributed by atoms with van der Waals surface area (Å²) in [5.74, 6) is 0.288. The summed E-state index contributed by atoms with van der Waals surface area (Å²) in [5.41, 5.74) is 0.451. The van der Waals surface area contributed by atoms with Crippen molar-refractivity contribution in [3.63, 3.8) is 0 Å². The molecule has 0 saturated carbocycles. The van der Waals surface area contributed by atoms with Gasteiger partial charge in [0.1, 0.15) is 5.60 Å². The van der Waals surface area contributed by atoms with E-state index in [-0.39, 0.29) is 23.6 Å². The van der Waals surface area contributed by atoms with Gasteiger partial charge in [-0.2, -0.15) is 0 Å². The second-order valence-corrected chi connectivity index (χ2v) is 9.34. The van der Waals surface area contributed by atoms with E-state index in [9.17, 15) is 14.9 Å². The number of benzene rings is 1. The van der Waals surface area contributed by atoms with Gasteiger partial charge in [-0.3, -0.25) is 15.0 Å². The van der Waals surface area contributed by atoms with Crippen LogP contribution in [0.2, 0.25) is 0 Å². The van der Waals surface area contributed by atoms with Crippen molar-refractivity contribution in [2.24, 2.45) is 0 Å². The number of nitrogens with zero attached hydrogens (tertiary/aromatic N) is 4. The lowest BCUT2D eigenvalue weighted by Crippen LogP contribution is -2.58. The van der Waals surface area contributed by atoms with Crippen LogP contribution in [0.1, 0.15) is 40.5 Å². The zero-order valence-corrected chi connectivity index (χ0v) is 19.2. The Morgan fingerprint density at radius 2 is 1.84 bits per heavy atom. The number of ether oxygens (including phenoxy) is 2. The molecule has 0 radical (unpaired) electrons. The lowest BCUT2D eigenvalue weighted by atomic mass is 9.99. The summed E-state index contributed by atoms with van der Waals surface area (Å²) in [6.07, 6.45) is 1.78. The average Bonchev–Trinajstić information content (AvgIpc) is 2.72. The van der Waals surface area contributed by atoms with Gasteiger partial charge in [-0.15, -0.1) is 0 Å². The van der Waals surface area contributed by atoms with E-state index >= 15 is 0 Å². The molecule has 0 aromatic heterocycles. The fourth-order valence-corrected chi connectivity index (χ4v) is 4.48. The minimum absolute atomic E-state index is 0.0159. The summed E-state index contributed by atoms with van der Waals surface area (Å²) >= 11 is 0. The molecule has 2 aliphatic rings. The van der Waals surface area contributed by atoms with E-state index in [2.05, 4.69) is 16.7 Å². The Morgan fingerprint density at radius 3 is 2.39 bits per heavy atom. The minimum atomic E-state index is -0.481. The van der Waals surface area contributed by atoms with Crippen LogP contribution >= 0.6 is 0 Å². The molecule has 1 atom stereocenters. The third-order valence-electron chi connectivity index (χ3n) is 5.99. The molecular formula is C22H34N4O5. The van der Waals surface area contributed by atoms with Crippen molar-refractivity contribution in [1.82, 2.24) is 9.80 Å². The Morgan fingerprint density at radius 1 is 1.16 bits per heavy atom. The summed E-state index contributed by atoms with van der Waals surface area (Å²) in [6.45, 7) is 11.8. The van der Waals surface area contributed by atoms with E-state index < -0.39 is 10.5 Å². The highest BCUT2D eigenvalue weighted by molar-refractivity contribution is 5.68. The summed E-state index contributed by atoms with van der Waals surface area (Å²) in [6, 6.07) is 5.80. The lowest BCUT2D eigenvalue weighted by Gasteiger charge is -2.46. The number of methoxy groups -OCH3 is 1. The van der Waals surface area contributed by atoms with Crippen LogP contribution in [0.15, 0.2) is 18.2 Å². The van der Waals surface area contributed by atoms with Crippen molar-refractivity contribution in [1.29, 1.82) is 0 Å². The largest absolute Gasteiger partial charge is 0.490 e. The van der Waals surface area contributed by atoms with E-state index in [1.807, 2.05) is 25.7 Å². The van der Waals surface area contributed by atoms with Crippen LogP contribution in [0.4, 0.5) is 16.2 Å². The zero-order chi connectivity index (χ0) is 22.8. The smallest absolute Gasteiger partial charge is 0.410 e. The van der Waals surface area contributed by atoms with Gasteiger partial charge in [0.2, 0.25) is 0 Å². The normalized spacial score (nSPS) is 21.1. The second-order valence-electron chi connectivity index (χ2n) is 9.34. The number of amides is 1. The Hall–Kier alpha value is -2.55. The second kappa shape index (κ2) is 9.30. The van der Waals surface area contributed by atoms with Crippen LogP contribution in [-0.2, 0) is 4.74 Å². The molecular weight excluding hydrogens is 400 g/mol. The maximum absolute atomic E-state index is 12.4. The molecule has 2 saturated heterocycles. The Bertz CT molecular complexity index is 802. The molecule has 0 N–H and O–H groups in total. The third-order valence-corrected chi connectivity index (χ3v) is 5.99. The number of anilines is 1. The molecule has 0 spiro atoms. The predicted octanol–water partition coefficient (Wildman–Crippen LogP) is 3.51. The molecule has 9 nitrogen and oxygen atoms in total. The molecule has 2 heterocycles. The first-order valence-corrected chi connectivity index (χ1v) is 10.9. The molecule has 3 rings (SSSR count). The average molecular weight is 435 g/mol. The fraction of sp³-hybridized carbons (Fsp3) is 0.682. The molecule has 0 unspecified atom stereocenters. The highest BCUT2D eigenvalue weighted by Gasteiger charge is 2.34. The lowest BCUT2D eigenvalue weighted by molar-refractivity contribution is -0.385. The minimum Gasteiger partial charge on any atom is -0.490 e. The molecule has 0 aliphatic carbocycles. The van der Waals surface area contributed by atoms with Gasteiger partial charge in [-0.25, -0.2) is 4.79 Å². The van der Waals surface area contributed by atoms with Crippen LogP contribution in [0.25, 0.3) is 0 Å². The molecule has 1 aromatic carbocycles. The van der Waals surface area contributed by atoms with Crippen LogP contribution < -0.4 is 9.64 Å². The number of hydrogen-bond acceptors (Lipinski definition) is 7. The van der Waals surface area contributed by atoms with Gasteiger partial charge in [0.25, 0.3) is 0 Å². The number of hydrogen-bond donors (Lipinski definition) is 0. The summed E-state index contributed by atoms with van der Waals surface area (Å²) in [7, 11) is 1.46. The number of rotatable bonds is 4. The van der Waals surface area contributed by atoms with Gasteiger partial charge in [-0.1, -0.05) is 0 Å². The predicted molar refractivity (Wildman–Crippen MR) is 119 cm³/mol. The molecule has 31 heavy (non-hydrogen) atoms. The number of nitro groups is 1. The van der Waals surface area contributed by atoms with E-state index in [4.69, 9.17) is 9.47 Å². The van der Waals surface area contributed by atoms with Gasteiger partial charge in [0.15, 0.2) is 5.75 Å². The third kappa shape index (κ3) is 5.58. The first-order valence-electron chi connectivity index (χ1n) is 10.9. The first-order chi connectivity index (χ1) is 14.6. The van der Waals surface area contributed by atoms with Crippen LogP contribution in [0.5, 0.6) is 5.75 Å². The van der Waals surface area contributed by atoms with E-state index in [1.54, 1.807) is 12.1 Å². The Labute approximate surface area is 184 Å². The first kappa shape index (κ1) is 23.1. The van der Waals surface area contributed by atoms with Crippen molar-refractivity contribution >= 4 is 17.5 Å². The van der Waals surface area contributed by atoms with Crippen molar-refractivity contribution in [3.05, 3.63) is 28.3 Å². The maximum atomic E-state index is 12.4. The Kier molecular flexibility index (Phi) is 6.93. The maximum Gasteiger partial charge on any atom is 0.410 e. The zero-order valence-electron chi connectivity index (χ0n) is 19.2. The topological polar surface area (TPSA) is 88.4 Å². The molecule has 2 fully saturated rings. The molecule has 0 bridgehead atoms. The summed E-state index contributed by atoms with van der Waals surface area (Å²) in [4.78, 5) is 29.7. The molecule has 1 aromatic rings. The number of nitro benzene ring substituents is 1. The van der Waals surface area contributed by atoms with Gasteiger partial charge >= 0.3 is 11.8 Å². The van der Waals surface area contributed by atoms with E-state index in [1.165, 1.54) is 13.2 Å². The van der Waals surface area contributed by atoms with Crippen LogP contribution in [-0.4, -0.2) is 78.3 Å². The molecule has 2 aliphatic heterocycles. The monoisotopic (exact) mass is 434 g/mol. The van der Waals surface area contributed by atoms with Gasteiger partial charge in [-0.05, 0) is 46.6 Å². The molecule has 9 heteroatoms.